The van der Waals surface area contributed by atoms with E-state index in [0.717, 1.165) is 0 Å². The molecule has 40 heavy (non-hydrogen) atoms. The molecule has 2 amide bonds. The van der Waals surface area contributed by atoms with Gasteiger partial charge in [0.1, 0.15) is 11.5 Å². The van der Waals surface area contributed by atoms with Gasteiger partial charge in [-0.1, -0.05) is 20.8 Å². The summed E-state index contributed by atoms with van der Waals surface area (Å²) in [7, 11) is 1.39. The average Bonchev–Trinajstić information content (AvgIpc) is 2.90. The number of nitrogens with one attached hydrogen (secondary N) is 3. The minimum Gasteiger partial charge on any atom is -0.481 e. The Morgan fingerprint density at radius 1 is 1.02 bits per heavy atom. The van der Waals surface area contributed by atoms with Gasteiger partial charge in [0.05, 0.1) is 25.3 Å². The SMILES string of the molecule is COc1ccc(-c2cc(C)c(C(=O)N[C@H](CO)C(C)(C)C)cc2C(=O)O)c(C(=O)Nc2ccc(C(=N)N)cc2)n1. The number of methoxy groups -OCH3 is 1. The van der Waals surface area contributed by atoms with Crippen LogP contribution in [0.5, 0.6) is 5.88 Å². The summed E-state index contributed by atoms with van der Waals surface area (Å²) >= 11 is 0. The van der Waals surface area contributed by atoms with Crippen LogP contribution in [-0.4, -0.2) is 58.6 Å². The first-order valence-corrected chi connectivity index (χ1v) is 12.4. The molecule has 0 spiro atoms. The number of aliphatic hydroxyl groups excluding tert-OH is 1. The van der Waals surface area contributed by atoms with E-state index in [1.165, 1.54) is 31.4 Å². The van der Waals surface area contributed by atoms with Crippen molar-refractivity contribution in [3.8, 4) is 17.0 Å². The number of rotatable bonds is 9. The Morgan fingerprint density at radius 2 is 1.68 bits per heavy atom. The van der Waals surface area contributed by atoms with E-state index >= 15 is 0 Å². The minimum atomic E-state index is -1.31. The Balaban J connectivity index is 2.08. The Bertz CT molecular complexity index is 1460. The quantitative estimate of drug-likeness (QED) is 0.173. The highest BCUT2D eigenvalue weighted by Crippen LogP contribution is 2.32. The molecule has 3 aromatic rings. The number of carbonyl (C=O) groups is 3. The lowest BCUT2D eigenvalue weighted by Gasteiger charge is -2.30. The number of hydrogen-bond acceptors (Lipinski definition) is 7. The Labute approximate surface area is 231 Å². The maximum atomic E-state index is 13.4. The smallest absolute Gasteiger partial charge is 0.336 e. The molecular weight excluding hydrogens is 514 g/mol. The van der Waals surface area contributed by atoms with Crippen molar-refractivity contribution in [2.75, 3.05) is 19.0 Å². The number of aromatic nitrogens is 1. The van der Waals surface area contributed by atoms with Gasteiger partial charge in [0.15, 0.2) is 0 Å². The number of nitrogens with zero attached hydrogens (tertiary/aromatic N) is 1. The van der Waals surface area contributed by atoms with Crippen LogP contribution >= 0.6 is 0 Å². The molecule has 0 unspecified atom stereocenters. The molecule has 11 heteroatoms. The molecule has 210 valence electrons. The van der Waals surface area contributed by atoms with Crippen LogP contribution in [0.25, 0.3) is 11.1 Å². The zero-order chi connectivity index (χ0) is 29.8. The lowest BCUT2D eigenvalue weighted by Crippen LogP contribution is -2.46. The van der Waals surface area contributed by atoms with Gasteiger partial charge in [0.2, 0.25) is 5.88 Å². The second kappa shape index (κ2) is 12.0. The van der Waals surface area contributed by atoms with Gasteiger partial charge in [0, 0.05) is 28.4 Å². The van der Waals surface area contributed by atoms with Crippen molar-refractivity contribution < 1.29 is 29.3 Å². The van der Waals surface area contributed by atoms with Gasteiger partial charge in [-0.15, -0.1) is 0 Å². The van der Waals surface area contributed by atoms with Crippen LogP contribution in [0, 0.1) is 17.7 Å². The first-order chi connectivity index (χ1) is 18.8. The monoisotopic (exact) mass is 547 g/mol. The average molecular weight is 548 g/mol. The molecule has 3 rings (SSSR count). The molecule has 0 saturated heterocycles. The first-order valence-electron chi connectivity index (χ1n) is 12.4. The molecule has 11 nitrogen and oxygen atoms in total. The van der Waals surface area contributed by atoms with Gasteiger partial charge in [0.25, 0.3) is 11.8 Å². The number of benzene rings is 2. The molecule has 0 aliphatic rings. The zero-order valence-corrected chi connectivity index (χ0v) is 23.0. The van der Waals surface area contributed by atoms with E-state index in [0.29, 0.717) is 16.8 Å². The van der Waals surface area contributed by atoms with Crippen molar-refractivity contribution in [3.63, 3.8) is 0 Å². The Morgan fingerprint density at radius 3 is 2.20 bits per heavy atom. The third kappa shape index (κ3) is 6.62. The fraction of sp³-hybridized carbons (Fsp3) is 0.276. The molecule has 0 fully saturated rings. The van der Waals surface area contributed by atoms with Crippen molar-refractivity contribution in [3.05, 3.63) is 76.5 Å². The number of amidine groups is 1. The number of aromatic carboxylic acids is 1. The highest BCUT2D eigenvalue weighted by Gasteiger charge is 2.28. The molecule has 0 aliphatic heterocycles. The van der Waals surface area contributed by atoms with Crippen LogP contribution in [0.3, 0.4) is 0 Å². The number of hydrogen-bond donors (Lipinski definition) is 6. The van der Waals surface area contributed by atoms with E-state index in [2.05, 4.69) is 15.6 Å². The number of carboxylic acids is 1. The van der Waals surface area contributed by atoms with E-state index in [4.69, 9.17) is 15.9 Å². The summed E-state index contributed by atoms with van der Waals surface area (Å²) in [4.78, 5) is 43.1. The van der Waals surface area contributed by atoms with Gasteiger partial charge in [-0.05, 0) is 65.9 Å². The number of nitrogen functional groups attached to an aromatic ring is 1. The standard InChI is InChI=1S/C29H33N5O6/c1-15-12-20(21(28(38)39)13-19(15)26(36)33-22(14-35)29(2,3)4)18-10-11-23(40-5)34-24(18)27(37)32-17-8-6-16(7-9-17)25(30)31/h6-13,22,35H,14H2,1-5H3,(H3,30,31)(H,32,37)(H,33,36)(H,38,39)/t22-/m1/s1. The summed E-state index contributed by atoms with van der Waals surface area (Å²) in [5.41, 5.74) is 6.63. The summed E-state index contributed by atoms with van der Waals surface area (Å²) in [5, 5.41) is 32.8. The fourth-order valence-electron chi connectivity index (χ4n) is 3.99. The van der Waals surface area contributed by atoms with Crippen LogP contribution in [0.1, 0.15) is 63.1 Å². The number of carbonyl (C=O) groups excluding carboxylic acids is 2. The topological polar surface area (TPSA) is 188 Å². The van der Waals surface area contributed by atoms with Gasteiger partial charge in [-0.25, -0.2) is 9.78 Å². The van der Waals surface area contributed by atoms with Crippen molar-refractivity contribution in [2.24, 2.45) is 11.1 Å². The molecule has 2 aromatic carbocycles. The van der Waals surface area contributed by atoms with Crippen molar-refractivity contribution in [2.45, 2.75) is 33.7 Å². The summed E-state index contributed by atoms with van der Waals surface area (Å²) in [6.45, 7) is 6.98. The molecule has 0 radical (unpaired) electrons. The molecule has 0 aliphatic carbocycles. The summed E-state index contributed by atoms with van der Waals surface area (Å²) in [6.07, 6.45) is 0. The summed E-state index contributed by atoms with van der Waals surface area (Å²) in [5.74, 6) is -2.44. The van der Waals surface area contributed by atoms with Crippen LogP contribution in [0.2, 0.25) is 0 Å². The van der Waals surface area contributed by atoms with Crippen molar-refractivity contribution in [1.29, 1.82) is 5.41 Å². The number of nitrogens with two attached hydrogens (primary N) is 1. The molecule has 7 N–H and O–H groups in total. The van der Waals surface area contributed by atoms with E-state index in [9.17, 15) is 24.6 Å². The van der Waals surface area contributed by atoms with E-state index in [1.54, 1.807) is 31.2 Å². The van der Waals surface area contributed by atoms with Gasteiger partial charge in [-0.3, -0.25) is 15.0 Å². The zero-order valence-electron chi connectivity index (χ0n) is 23.0. The second-order valence-electron chi connectivity index (χ2n) is 10.3. The maximum absolute atomic E-state index is 13.4. The lowest BCUT2D eigenvalue weighted by atomic mass is 9.86. The number of aliphatic hydroxyl groups is 1. The number of pyridine rings is 1. The van der Waals surface area contributed by atoms with Crippen LogP contribution in [0.15, 0.2) is 48.5 Å². The number of amides is 2. The number of anilines is 1. The molecule has 0 bridgehead atoms. The van der Waals surface area contributed by atoms with Gasteiger partial charge in [-0.2, -0.15) is 0 Å². The number of ether oxygens (including phenoxy) is 1. The fourth-order valence-corrected chi connectivity index (χ4v) is 3.99. The second-order valence-corrected chi connectivity index (χ2v) is 10.3. The molecule has 0 saturated carbocycles. The highest BCUT2D eigenvalue weighted by molar-refractivity contribution is 6.10. The number of aryl methyl sites for hydroxylation is 1. The predicted molar refractivity (Wildman–Crippen MR) is 151 cm³/mol. The van der Waals surface area contributed by atoms with E-state index in [1.807, 2.05) is 20.8 Å². The largest absolute Gasteiger partial charge is 0.481 e. The molecule has 1 atom stereocenters. The minimum absolute atomic E-state index is 0.0952. The van der Waals surface area contributed by atoms with Crippen LogP contribution in [-0.2, 0) is 0 Å². The summed E-state index contributed by atoms with van der Waals surface area (Å²) in [6, 6.07) is 11.6. The van der Waals surface area contributed by atoms with E-state index < -0.39 is 29.2 Å². The normalized spacial score (nSPS) is 11.8. The molecule has 1 aromatic heterocycles. The molecule has 1 heterocycles. The van der Waals surface area contributed by atoms with Crippen LogP contribution < -0.4 is 21.1 Å². The third-order valence-corrected chi connectivity index (χ3v) is 6.41. The van der Waals surface area contributed by atoms with Crippen LogP contribution in [0.4, 0.5) is 5.69 Å². The highest BCUT2D eigenvalue weighted by atomic mass is 16.5. The lowest BCUT2D eigenvalue weighted by molar-refractivity contribution is 0.0697. The molecular formula is C29H33N5O6. The predicted octanol–water partition coefficient (Wildman–Crippen LogP) is 3.44. The van der Waals surface area contributed by atoms with Crippen molar-refractivity contribution >= 4 is 29.3 Å². The van der Waals surface area contributed by atoms with Crippen molar-refractivity contribution in [1.82, 2.24) is 10.3 Å². The van der Waals surface area contributed by atoms with Gasteiger partial charge >= 0.3 is 5.97 Å². The summed E-state index contributed by atoms with van der Waals surface area (Å²) < 4.78 is 5.20. The van der Waals surface area contributed by atoms with Gasteiger partial charge < -0.3 is 31.3 Å². The third-order valence-electron chi connectivity index (χ3n) is 6.41. The Kier molecular flexibility index (Phi) is 8.90. The first kappa shape index (κ1) is 29.8. The number of carboxylic acid groups (broad SMARTS) is 1. The van der Waals surface area contributed by atoms with E-state index in [-0.39, 0.29) is 46.3 Å². The Hall–Kier alpha value is -4.77. The maximum Gasteiger partial charge on any atom is 0.336 e.